The largest absolute Gasteiger partial charge is 0.460 e. The molecule has 11 nitrogen and oxygen atoms in total. The molecule has 3 aromatic rings. The van der Waals surface area contributed by atoms with Crippen LogP contribution < -0.4 is 15.0 Å². The fraction of sp³-hybridized carbons (Fsp3) is 0.613. The van der Waals surface area contributed by atoms with Gasteiger partial charge >= 0.3 is 6.01 Å². The molecular weight excluding hydrogens is 530 g/mol. The highest BCUT2D eigenvalue weighted by Crippen LogP contribution is 2.26. The van der Waals surface area contributed by atoms with Crippen LogP contribution in [0.1, 0.15) is 56.6 Å². The number of nitrogens with one attached hydrogen (secondary N) is 1. The number of fused-ring (bicyclic) bond motifs is 1. The van der Waals surface area contributed by atoms with Crippen LogP contribution in [0.25, 0.3) is 5.65 Å². The number of carbonyl (C=O) groups excluding carboxylic acids is 1. The van der Waals surface area contributed by atoms with Crippen molar-refractivity contribution in [3.8, 4) is 6.01 Å². The second-order valence-electron chi connectivity index (χ2n) is 12.2. The lowest BCUT2D eigenvalue weighted by Gasteiger charge is -2.37. The predicted molar refractivity (Wildman–Crippen MR) is 166 cm³/mol. The highest BCUT2D eigenvalue weighted by molar-refractivity contribution is 5.76. The number of anilines is 2. The summed E-state index contributed by atoms with van der Waals surface area (Å²) < 4.78 is 8.11. The quantitative estimate of drug-likeness (QED) is 0.368. The van der Waals surface area contributed by atoms with E-state index in [1.165, 1.54) is 11.3 Å². The number of carbonyl (C=O) groups is 1. The first-order valence-corrected chi connectivity index (χ1v) is 15.4. The number of aromatic nitrogens is 4. The number of hydrogen-bond acceptors (Lipinski definition) is 9. The first kappa shape index (κ1) is 30.0. The molecule has 0 saturated carbocycles. The molecule has 4 heterocycles. The van der Waals surface area contributed by atoms with Gasteiger partial charge in [-0.15, -0.1) is 0 Å². The van der Waals surface area contributed by atoms with Crippen LogP contribution in [0.3, 0.4) is 0 Å². The van der Waals surface area contributed by atoms with E-state index < -0.39 is 0 Å². The Labute approximate surface area is 249 Å². The third-order valence-electron chi connectivity index (χ3n) is 8.33. The zero-order valence-electron chi connectivity index (χ0n) is 25.9. The summed E-state index contributed by atoms with van der Waals surface area (Å²) in [6.45, 7) is 11.0. The Morgan fingerprint density at radius 3 is 2.52 bits per heavy atom. The van der Waals surface area contributed by atoms with Gasteiger partial charge in [0.05, 0.1) is 6.20 Å². The van der Waals surface area contributed by atoms with E-state index in [0.29, 0.717) is 24.9 Å². The molecule has 2 fully saturated rings. The Kier molecular flexibility index (Phi) is 9.79. The van der Waals surface area contributed by atoms with Gasteiger partial charge in [-0.2, -0.15) is 19.6 Å². The number of amides is 1. The monoisotopic (exact) mass is 577 g/mol. The minimum atomic E-state index is 0.112. The summed E-state index contributed by atoms with van der Waals surface area (Å²) in [5.74, 6) is 1.16. The molecule has 0 bridgehead atoms. The maximum atomic E-state index is 12.7. The number of likely N-dealkylation sites (tertiary alicyclic amines) is 1. The van der Waals surface area contributed by atoms with Crippen molar-refractivity contribution in [3.05, 3.63) is 41.6 Å². The molecule has 1 N–H and O–H groups in total. The van der Waals surface area contributed by atoms with Crippen LogP contribution in [0.5, 0.6) is 6.01 Å². The van der Waals surface area contributed by atoms with Crippen molar-refractivity contribution >= 4 is 23.2 Å². The number of nitrogens with zero attached hydrogens (tertiary/aromatic N) is 8. The summed E-state index contributed by atoms with van der Waals surface area (Å²) >= 11 is 0. The van der Waals surface area contributed by atoms with Gasteiger partial charge in [0.2, 0.25) is 11.9 Å². The third-order valence-corrected chi connectivity index (χ3v) is 8.33. The van der Waals surface area contributed by atoms with Gasteiger partial charge in [-0.05, 0) is 64.5 Å². The van der Waals surface area contributed by atoms with E-state index in [0.717, 1.165) is 76.3 Å². The molecule has 42 heavy (non-hydrogen) atoms. The number of piperazine rings is 1. The van der Waals surface area contributed by atoms with Crippen molar-refractivity contribution in [2.75, 3.05) is 77.2 Å². The van der Waals surface area contributed by atoms with E-state index >= 15 is 0 Å². The molecular formula is C31H47N9O2. The van der Waals surface area contributed by atoms with Crippen molar-refractivity contribution in [2.45, 2.75) is 58.1 Å². The maximum absolute atomic E-state index is 12.7. The van der Waals surface area contributed by atoms with Gasteiger partial charge in [-0.25, -0.2) is 0 Å². The summed E-state index contributed by atoms with van der Waals surface area (Å²) in [5.41, 5.74) is 4.21. The van der Waals surface area contributed by atoms with E-state index in [1.807, 2.05) is 25.2 Å². The molecule has 11 heteroatoms. The summed E-state index contributed by atoms with van der Waals surface area (Å²) in [5, 5.41) is 8.18. The molecule has 2 aliphatic heterocycles. The Morgan fingerprint density at radius 1 is 1.07 bits per heavy atom. The topological polar surface area (TPSA) is 94.4 Å². The van der Waals surface area contributed by atoms with Gasteiger partial charge < -0.3 is 29.7 Å². The molecule has 0 spiro atoms. The number of rotatable bonds is 11. The second-order valence-corrected chi connectivity index (χ2v) is 12.2. The molecule has 0 radical (unpaired) electrons. The van der Waals surface area contributed by atoms with Crippen molar-refractivity contribution in [2.24, 2.45) is 0 Å². The van der Waals surface area contributed by atoms with Crippen LogP contribution in [-0.2, 0) is 11.3 Å². The molecule has 0 atom stereocenters. The fourth-order valence-corrected chi connectivity index (χ4v) is 5.75. The third kappa shape index (κ3) is 7.30. The lowest BCUT2D eigenvalue weighted by Crippen LogP contribution is -2.49. The standard InChI is InChI=1S/C31H47N9O2/c1-23(2)26-22-33-40-29(26)34-31(42-25-12-15-37(5)16-13-25)35-30(40)32-21-24-9-6-7-10-27(24)38-17-19-39(20-18-38)28(41)11-8-14-36(3)4/h6-7,9-10,22-23,25H,8,11-21H2,1-5H3,(H,32,34,35). The zero-order chi connectivity index (χ0) is 29.6. The summed E-state index contributed by atoms with van der Waals surface area (Å²) in [6, 6.07) is 8.87. The van der Waals surface area contributed by atoms with Crippen LogP contribution >= 0.6 is 0 Å². The minimum absolute atomic E-state index is 0.112. The first-order chi connectivity index (χ1) is 20.3. The van der Waals surface area contributed by atoms with Crippen LogP contribution in [0.15, 0.2) is 30.5 Å². The molecule has 2 aliphatic rings. The molecule has 0 unspecified atom stereocenters. The van der Waals surface area contributed by atoms with Crippen molar-refractivity contribution in [3.63, 3.8) is 0 Å². The molecule has 5 rings (SSSR count). The van der Waals surface area contributed by atoms with Gasteiger partial charge in [0.25, 0.3) is 0 Å². The molecule has 1 amide bonds. The molecule has 228 valence electrons. The molecule has 0 aliphatic carbocycles. The number of para-hydroxylation sites is 1. The zero-order valence-corrected chi connectivity index (χ0v) is 25.9. The van der Waals surface area contributed by atoms with Gasteiger partial charge in [0.1, 0.15) is 6.10 Å². The van der Waals surface area contributed by atoms with E-state index in [2.05, 4.69) is 70.3 Å². The average Bonchev–Trinajstić information content (AvgIpc) is 3.42. The van der Waals surface area contributed by atoms with Gasteiger partial charge in [-0.1, -0.05) is 32.0 Å². The second kappa shape index (κ2) is 13.7. The van der Waals surface area contributed by atoms with Gasteiger partial charge in [0, 0.05) is 63.5 Å². The summed E-state index contributed by atoms with van der Waals surface area (Å²) in [4.78, 5) is 31.2. The normalized spacial score (nSPS) is 17.0. The Morgan fingerprint density at radius 2 is 1.81 bits per heavy atom. The molecule has 2 aromatic heterocycles. The van der Waals surface area contributed by atoms with Gasteiger partial charge in [0.15, 0.2) is 5.65 Å². The maximum Gasteiger partial charge on any atom is 0.322 e. The lowest BCUT2D eigenvalue weighted by atomic mass is 10.1. The SMILES string of the molecule is CC(C)c1cnn2c(NCc3ccccc3N3CCN(C(=O)CCCN(C)C)CC3)nc(OC3CCN(C)CC3)nc12. The number of benzene rings is 1. The molecule has 2 saturated heterocycles. The highest BCUT2D eigenvalue weighted by atomic mass is 16.5. The number of ether oxygens (including phenoxy) is 1. The Balaban J connectivity index is 1.28. The predicted octanol–water partition coefficient (Wildman–Crippen LogP) is 3.32. The van der Waals surface area contributed by atoms with Crippen LogP contribution in [0, 0.1) is 0 Å². The van der Waals surface area contributed by atoms with Gasteiger partial charge in [-0.3, -0.25) is 4.79 Å². The van der Waals surface area contributed by atoms with Crippen molar-refractivity contribution in [1.82, 2.24) is 34.3 Å². The highest BCUT2D eigenvalue weighted by Gasteiger charge is 2.24. The lowest BCUT2D eigenvalue weighted by molar-refractivity contribution is -0.131. The molecule has 1 aromatic carbocycles. The van der Waals surface area contributed by atoms with Crippen LogP contribution in [-0.4, -0.2) is 113 Å². The first-order valence-electron chi connectivity index (χ1n) is 15.4. The fourth-order valence-electron chi connectivity index (χ4n) is 5.75. The van der Waals surface area contributed by atoms with E-state index in [1.54, 1.807) is 4.52 Å². The van der Waals surface area contributed by atoms with Crippen LogP contribution in [0.4, 0.5) is 11.6 Å². The number of hydrogen-bond donors (Lipinski definition) is 1. The van der Waals surface area contributed by atoms with E-state index in [4.69, 9.17) is 14.7 Å². The summed E-state index contributed by atoms with van der Waals surface area (Å²) in [6.07, 6.45) is 5.44. The van der Waals surface area contributed by atoms with Crippen LogP contribution in [0.2, 0.25) is 0 Å². The number of piperidine rings is 1. The van der Waals surface area contributed by atoms with E-state index in [-0.39, 0.29) is 17.9 Å². The summed E-state index contributed by atoms with van der Waals surface area (Å²) in [7, 11) is 6.24. The van der Waals surface area contributed by atoms with Crippen molar-refractivity contribution < 1.29 is 9.53 Å². The average molecular weight is 578 g/mol. The minimum Gasteiger partial charge on any atom is -0.460 e. The Bertz CT molecular complexity index is 1330. The van der Waals surface area contributed by atoms with Crippen molar-refractivity contribution in [1.29, 1.82) is 0 Å². The Hall–Kier alpha value is -3.44. The smallest absolute Gasteiger partial charge is 0.322 e. The van der Waals surface area contributed by atoms with E-state index in [9.17, 15) is 4.79 Å².